The van der Waals surface area contributed by atoms with Crippen LogP contribution in [0.3, 0.4) is 0 Å². The number of hydrogen-bond acceptors (Lipinski definition) is 5. The molecular weight excluding hydrogens is 487 g/mol. The van der Waals surface area contributed by atoms with Crippen LogP contribution in [0, 0.1) is 18.3 Å². The molecule has 0 bridgehead atoms. The van der Waals surface area contributed by atoms with Gasteiger partial charge in [0.1, 0.15) is 17.3 Å². The number of rotatable bonds is 4. The van der Waals surface area contributed by atoms with E-state index in [4.69, 9.17) is 34.8 Å². The molecule has 1 N–H and O–H groups in total. The molecular formula is C23H17Cl3N4O3. The molecule has 2 aromatic rings. The minimum atomic E-state index is -0.565. The van der Waals surface area contributed by atoms with Gasteiger partial charge in [-0.2, -0.15) is 15.4 Å². The van der Waals surface area contributed by atoms with Crippen LogP contribution in [0.4, 0.5) is 5.69 Å². The second-order valence-electron chi connectivity index (χ2n) is 7.06. The molecule has 1 amide bonds. The summed E-state index contributed by atoms with van der Waals surface area (Å²) < 4.78 is 1.01. The highest BCUT2D eigenvalue weighted by Gasteiger charge is 2.31. The zero-order chi connectivity index (χ0) is 24.4. The number of allylic oxidation sites excluding steroid dienone is 4. The van der Waals surface area contributed by atoms with E-state index in [0.29, 0.717) is 27.4 Å². The van der Waals surface area contributed by atoms with Gasteiger partial charge in [-0.1, -0.05) is 53.0 Å². The van der Waals surface area contributed by atoms with Crippen LogP contribution < -0.4 is 10.6 Å². The number of pyridine rings is 1. The van der Waals surface area contributed by atoms with Crippen molar-refractivity contribution in [3.05, 3.63) is 84.1 Å². The Morgan fingerprint density at radius 1 is 1.09 bits per heavy atom. The van der Waals surface area contributed by atoms with Gasteiger partial charge in [-0.3, -0.25) is 14.2 Å². The minimum Gasteiger partial charge on any atom is -0.494 e. The average molecular weight is 504 g/mol. The molecule has 2 heterocycles. The van der Waals surface area contributed by atoms with Gasteiger partial charge in [0.05, 0.1) is 21.3 Å². The molecule has 1 aliphatic heterocycles. The predicted molar refractivity (Wildman–Crippen MR) is 131 cm³/mol. The van der Waals surface area contributed by atoms with Crippen molar-refractivity contribution in [2.45, 2.75) is 13.8 Å². The van der Waals surface area contributed by atoms with Crippen LogP contribution in [0.25, 0.3) is 6.08 Å². The van der Waals surface area contributed by atoms with E-state index in [1.165, 1.54) is 19.2 Å². The van der Waals surface area contributed by atoms with Crippen molar-refractivity contribution >= 4 is 58.2 Å². The van der Waals surface area contributed by atoms with Gasteiger partial charge in [0.2, 0.25) is 5.88 Å². The van der Waals surface area contributed by atoms with Crippen molar-refractivity contribution in [1.29, 1.82) is 5.26 Å². The first-order valence-electron chi connectivity index (χ1n) is 9.50. The molecule has 10 heteroatoms. The van der Waals surface area contributed by atoms with Crippen molar-refractivity contribution < 1.29 is 9.90 Å². The van der Waals surface area contributed by atoms with Gasteiger partial charge < -0.3 is 5.11 Å². The van der Waals surface area contributed by atoms with Crippen molar-refractivity contribution in [2.75, 3.05) is 5.01 Å². The number of benzene rings is 1. The van der Waals surface area contributed by atoms with Gasteiger partial charge in [0.15, 0.2) is 0 Å². The Bertz CT molecular complexity index is 1370. The summed E-state index contributed by atoms with van der Waals surface area (Å²) in [6, 6.07) is 4.81. The maximum atomic E-state index is 12.9. The number of halogens is 3. The fourth-order valence-corrected chi connectivity index (χ4v) is 4.18. The zero-order valence-electron chi connectivity index (χ0n) is 17.7. The van der Waals surface area contributed by atoms with Crippen LogP contribution >= 0.6 is 34.8 Å². The lowest BCUT2D eigenvalue weighted by molar-refractivity contribution is -0.114. The lowest BCUT2D eigenvalue weighted by Gasteiger charge is -2.15. The molecule has 1 aromatic heterocycles. The Labute approximate surface area is 204 Å². The molecule has 7 nitrogen and oxygen atoms in total. The number of carbonyl (C=O) groups is 1. The highest BCUT2D eigenvalue weighted by molar-refractivity contribution is 6.43. The number of hydrogen-bond donors (Lipinski definition) is 1. The first-order valence-corrected chi connectivity index (χ1v) is 10.6. The first-order chi connectivity index (χ1) is 15.6. The molecule has 1 aromatic carbocycles. The topological polar surface area (TPSA) is 98.7 Å². The number of aromatic nitrogens is 1. The largest absolute Gasteiger partial charge is 0.494 e. The fourth-order valence-electron chi connectivity index (χ4n) is 3.20. The van der Waals surface area contributed by atoms with Crippen LogP contribution in [0.2, 0.25) is 15.1 Å². The van der Waals surface area contributed by atoms with Crippen molar-refractivity contribution in [3.8, 4) is 11.9 Å². The number of nitrogens with zero attached hydrogens (tertiary/aromatic N) is 4. The number of hydrazone groups is 1. The third-order valence-electron chi connectivity index (χ3n) is 4.97. The smallest absolute Gasteiger partial charge is 0.280 e. The monoisotopic (exact) mass is 502 g/mol. The van der Waals surface area contributed by atoms with Gasteiger partial charge in [-0.25, -0.2) is 0 Å². The molecule has 0 atom stereocenters. The second kappa shape index (κ2) is 9.67. The Kier molecular flexibility index (Phi) is 7.13. The van der Waals surface area contributed by atoms with Crippen LogP contribution in [0.15, 0.2) is 51.9 Å². The molecule has 0 unspecified atom stereocenters. The van der Waals surface area contributed by atoms with Crippen LogP contribution in [-0.2, 0) is 11.8 Å². The summed E-state index contributed by atoms with van der Waals surface area (Å²) in [6.45, 7) is 3.27. The first kappa shape index (κ1) is 24.3. The maximum Gasteiger partial charge on any atom is 0.280 e. The average Bonchev–Trinajstić information content (AvgIpc) is 3.01. The van der Waals surface area contributed by atoms with E-state index >= 15 is 0 Å². The summed E-state index contributed by atoms with van der Waals surface area (Å²) in [5.41, 5.74) is 1.18. The van der Waals surface area contributed by atoms with Gasteiger partial charge in [0.25, 0.3) is 11.5 Å². The summed E-state index contributed by atoms with van der Waals surface area (Å²) in [7, 11) is 1.38. The summed E-state index contributed by atoms with van der Waals surface area (Å²) in [5, 5.41) is 25.6. The quantitative estimate of drug-likeness (QED) is 0.461. The number of nitriles is 1. The summed E-state index contributed by atoms with van der Waals surface area (Å²) in [6.07, 6.45) is 8.01. The molecule has 3 rings (SSSR count). The molecule has 168 valence electrons. The van der Waals surface area contributed by atoms with Gasteiger partial charge in [-0.15, -0.1) is 0 Å². The van der Waals surface area contributed by atoms with E-state index in [9.17, 15) is 20.0 Å². The molecule has 0 radical (unpaired) electrons. The highest BCUT2D eigenvalue weighted by atomic mass is 35.5. The normalized spacial score (nSPS) is 15.2. The lowest BCUT2D eigenvalue weighted by Crippen LogP contribution is -2.22. The molecule has 0 spiro atoms. The Morgan fingerprint density at radius 2 is 1.73 bits per heavy atom. The second-order valence-corrected chi connectivity index (χ2v) is 8.31. The number of anilines is 1. The Balaban J connectivity index is 1.86. The van der Waals surface area contributed by atoms with E-state index < -0.39 is 11.5 Å². The van der Waals surface area contributed by atoms with Crippen LogP contribution in [0.1, 0.15) is 23.6 Å². The summed E-state index contributed by atoms with van der Waals surface area (Å²) in [4.78, 5) is 24.9. The number of carbonyl (C=O) groups excluding carboxylic acids is 1. The summed E-state index contributed by atoms with van der Waals surface area (Å²) >= 11 is 18.4. The third kappa shape index (κ3) is 4.60. The molecule has 0 aliphatic carbocycles. The van der Waals surface area contributed by atoms with Crippen molar-refractivity contribution in [3.63, 3.8) is 0 Å². The van der Waals surface area contributed by atoms with Crippen LogP contribution in [0.5, 0.6) is 5.88 Å². The minimum absolute atomic E-state index is 0.0379. The van der Waals surface area contributed by atoms with Gasteiger partial charge in [0, 0.05) is 17.6 Å². The van der Waals surface area contributed by atoms with E-state index in [2.05, 4.69) is 5.10 Å². The maximum absolute atomic E-state index is 12.9. The SMILES string of the molecule is CC1=NN(c2c(Cl)cc(Cl)cc2Cl)C(=O)/C1=C\C=CC=Cc1c(C)c(C#N)c(=O)n(C)c1O. The standard InChI is InChI=1S/C23H17Cl3N4O3/c1-12-15(21(31)29(3)22(32)17(12)11-27)7-5-4-6-8-16-13(2)28-30(23(16)33)20-18(25)9-14(24)10-19(20)26/h4-10,31H,1-3H3/b6-4?,7-5?,16-8-. The Hall–Kier alpha value is -3.31. The molecule has 33 heavy (non-hydrogen) atoms. The fraction of sp³-hybridized carbons (Fsp3) is 0.130. The van der Waals surface area contributed by atoms with Crippen molar-refractivity contribution in [2.24, 2.45) is 12.1 Å². The van der Waals surface area contributed by atoms with E-state index in [1.54, 1.807) is 44.2 Å². The molecule has 0 saturated carbocycles. The van der Waals surface area contributed by atoms with Crippen LogP contribution in [-0.4, -0.2) is 21.3 Å². The summed E-state index contributed by atoms with van der Waals surface area (Å²) in [5.74, 6) is -0.654. The third-order valence-corrected chi connectivity index (χ3v) is 5.77. The predicted octanol–water partition coefficient (Wildman–Crippen LogP) is 5.15. The Morgan fingerprint density at radius 3 is 2.33 bits per heavy atom. The highest BCUT2D eigenvalue weighted by Crippen LogP contribution is 2.39. The molecule has 1 aliphatic rings. The van der Waals surface area contributed by atoms with E-state index in [1.807, 2.05) is 6.07 Å². The lowest BCUT2D eigenvalue weighted by atomic mass is 10.0. The van der Waals surface area contributed by atoms with E-state index in [-0.39, 0.29) is 27.2 Å². The van der Waals surface area contributed by atoms with Crippen molar-refractivity contribution in [1.82, 2.24) is 4.57 Å². The van der Waals surface area contributed by atoms with E-state index in [0.717, 1.165) is 9.58 Å². The number of aromatic hydroxyl groups is 1. The zero-order valence-corrected chi connectivity index (χ0v) is 20.0. The van der Waals surface area contributed by atoms with Gasteiger partial charge in [-0.05, 0) is 43.7 Å². The molecule has 0 saturated heterocycles. The van der Waals surface area contributed by atoms with Gasteiger partial charge >= 0.3 is 0 Å². The molecule has 0 fully saturated rings. The number of amides is 1.